The molecule has 17 amide bonds. The Morgan fingerprint density at radius 2 is 0.953 bits per heavy atom. The predicted molar refractivity (Wildman–Crippen MR) is 470 cm³/mol. The van der Waals surface area contributed by atoms with Crippen LogP contribution in [0.4, 0.5) is 4.39 Å². The van der Waals surface area contributed by atoms with Crippen molar-refractivity contribution in [2.75, 3.05) is 67.6 Å². The third kappa shape index (κ3) is 32.6. The summed E-state index contributed by atoms with van der Waals surface area (Å²) in [4.78, 5) is 280. The standard InChI is InChI=1S/C82H109FN22O21S3/c1-43(2)29-56-75(120)95-55(19-21-69(112)113)74(119)100-60(33-70(114)115)79(124)102-63-39-129-28-24-68(111)105-41-103(40-104(42-105)67(110)23-27-128-38-62(92-44(3)106)80(125)96-54(18-20-64(84)107)73(118)98-59(78(123)97-56)32-47-35-90-52-12-7-5-10-50(47)52)66(109)22-26-127-37-61(71(85)116)101-76(121)57(30-45-14-16-48(83)17-15-45)93-65(108)36-91-72(117)53(13-8-25-88-82(86)87)94-77(122)58(99-81(63)126)31-46-34-89-51-11-6-4-9-49(46)51/h4-7,9-12,14-17,34-35,43,53-63,89-90H,8,13,18-33,36-42H2,1-3H3,(H2,84,107)(H2,85,116)(H,91,117)(H,92,106)(H,93,108)(H,94,122)(H,95,120)(H,96,125)(H,97,123)(H,98,118)(H,99,126)(H,100,119)(H,101,121)(H,102,124)(H,112,113)(H,114,115)(H4,86,87,88)/t53-,54-,55-,56-,57-,58-,59-,60-,61-,62-,63-/m0/s1. The monoisotopic (exact) mass is 1850 g/mol. The summed E-state index contributed by atoms with van der Waals surface area (Å²) in [5.74, 6) is -23.4. The molecule has 24 N–H and O–H groups in total. The van der Waals surface area contributed by atoms with Gasteiger partial charge in [0.05, 0.1) is 33.0 Å². The van der Waals surface area contributed by atoms with Crippen LogP contribution in [-0.2, 0) is 110 Å². The lowest BCUT2D eigenvalue weighted by atomic mass is 9.99. The molecule has 43 nitrogen and oxygen atoms in total. The Labute approximate surface area is 752 Å². The first kappa shape index (κ1) is 101. The molecule has 3 aliphatic heterocycles. The summed E-state index contributed by atoms with van der Waals surface area (Å²) in [5.41, 5.74) is 19.3. The SMILES string of the molecule is CC(=O)N[C@H]1CSCCC(=O)N2CN3CN(C2)C(=O)CCSC[C@H](NC(=O)[C@H](CC(=O)O)NC(=O)[C@H](CCC(=O)O)NC(=O)[C@H](CC(C)C)NC(=O)[C@H](Cc2c[nH]c4ccccc24)NC(=O)[C@H](CCC(N)=O)NC1=O)C(=O)N[C@@H](Cc1c[nH]c2ccccc12)C(=O)N[C@@H](CCCNC(=N)N)C(=O)NCC(=O)N[C@@H](Cc1ccc(F)cc1)C(=O)N[C@H](C(N)=O)CSCCC3=O. The summed E-state index contributed by atoms with van der Waals surface area (Å²) in [7, 11) is 0. The molecule has 11 atom stereocenters. The third-order valence-electron chi connectivity index (χ3n) is 20.8. The Balaban J connectivity index is 1.22. The van der Waals surface area contributed by atoms with E-state index in [1.54, 1.807) is 68.6 Å². The molecule has 8 rings (SSSR count). The molecule has 129 heavy (non-hydrogen) atoms. The smallest absolute Gasteiger partial charge is 0.305 e. The Morgan fingerprint density at radius 1 is 0.504 bits per heavy atom. The molecule has 3 saturated heterocycles. The number of carboxylic acid groups (broad SMARTS) is 2. The highest BCUT2D eigenvalue weighted by Gasteiger charge is 2.40. The number of aromatic nitrogens is 2. The number of carboxylic acids is 2. The first-order valence-electron chi connectivity index (χ1n) is 41.5. The number of para-hydroxylation sites is 2. The molecule has 3 fully saturated rings. The van der Waals surface area contributed by atoms with E-state index in [0.717, 1.165) is 59.2 Å². The molecule has 3 aliphatic rings. The second-order valence-corrected chi connectivity index (χ2v) is 34.8. The number of aliphatic carboxylic acids is 2. The number of aromatic amines is 2. The number of benzene rings is 3. The van der Waals surface area contributed by atoms with E-state index in [2.05, 4.69) is 79.1 Å². The Kier molecular flexibility index (Phi) is 39.2. The molecule has 698 valence electrons. The van der Waals surface area contributed by atoms with Gasteiger partial charge in [0.15, 0.2) is 5.96 Å². The molecule has 5 aromatic rings. The summed E-state index contributed by atoms with van der Waals surface area (Å²) in [6.07, 6.45) is -3.55. The van der Waals surface area contributed by atoms with E-state index in [-0.39, 0.29) is 80.3 Å². The van der Waals surface area contributed by atoms with E-state index >= 15 is 19.2 Å². The summed E-state index contributed by atoms with van der Waals surface area (Å²) in [5, 5.41) is 62.1. The van der Waals surface area contributed by atoms with Gasteiger partial charge in [0, 0.05) is 134 Å². The van der Waals surface area contributed by atoms with Crippen LogP contribution in [0.15, 0.2) is 85.2 Å². The molecular formula is C82H109FN22O21S3. The number of halogens is 1. The first-order chi connectivity index (χ1) is 61.4. The van der Waals surface area contributed by atoms with Gasteiger partial charge in [0.25, 0.3) is 0 Å². The fourth-order valence-electron chi connectivity index (χ4n) is 14.1. The number of amides is 17. The van der Waals surface area contributed by atoms with Crippen molar-refractivity contribution in [3.8, 4) is 0 Å². The normalized spacial score (nSPS) is 23.2. The molecule has 3 aromatic carbocycles. The molecule has 0 saturated carbocycles. The summed E-state index contributed by atoms with van der Waals surface area (Å²) in [6.45, 7) is 2.16. The third-order valence-corrected chi connectivity index (χ3v) is 23.9. The number of carbonyl (C=O) groups is 19. The quantitative estimate of drug-likeness (QED) is 0.0181. The van der Waals surface area contributed by atoms with Gasteiger partial charge in [-0.3, -0.25) is 96.5 Å². The lowest BCUT2D eigenvalue weighted by Gasteiger charge is -2.42. The van der Waals surface area contributed by atoms with Crippen molar-refractivity contribution < 1.29 is 106 Å². The van der Waals surface area contributed by atoms with Crippen molar-refractivity contribution in [1.82, 2.24) is 93.8 Å². The minimum absolute atomic E-state index is 0.0113. The Morgan fingerprint density at radius 3 is 1.47 bits per heavy atom. The summed E-state index contributed by atoms with van der Waals surface area (Å²) < 4.78 is 14.3. The minimum Gasteiger partial charge on any atom is -0.481 e. The van der Waals surface area contributed by atoms with Crippen LogP contribution in [0.1, 0.15) is 108 Å². The van der Waals surface area contributed by atoms with Gasteiger partial charge in [-0.1, -0.05) is 62.4 Å². The molecule has 4 bridgehead atoms. The van der Waals surface area contributed by atoms with Crippen LogP contribution in [0, 0.1) is 17.1 Å². The van der Waals surface area contributed by atoms with Gasteiger partial charge in [-0.15, -0.1) is 0 Å². The zero-order valence-corrected chi connectivity index (χ0v) is 73.5. The van der Waals surface area contributed by atoms with Crippen molar-refractivity contribution in [1.29, 1.82) is 5.41 Å². The van der Waals surface area contributed by atoms with Gasteiger partial charge >= 0.3 is 11.9 Å². The number of carbonyl (C=O) groups excluding carboxylic acids is 17. The Hall–Kier alpha value is -13.1. The molecular weight excluding hydrogens is 1740 g/mol. The fraction of sp³-hybridized carbons (Fsp3) is 0.488. The van der Waals surface area contributed by atoms with Crippen LogP contribution >= 0.6 is 35.3 Å². The number of nitrogens with zero attached hydrogens (tertiary/aromatic N) is 3. The number of fused-ring (bicyclic) bond motifs is 9. The molecule has 0 unspecified atom stereocenters. The van der Waals surface area contributed by atoms with Crippen LogP contribution in [0.25, 0.3) is 21.8 Å². The van der Waals surface area contributed by atoms with Crippen molar-refractivity contribution in [2.45, 2.75) is 177 Å². The first-order valence-corrected chi connectivity index (χ1v) is 44.9. The zero-order chi connectivity index (χ0) is 94.1. The second-order valence-electron chi connectivity index (χ2n) is 31.3. The topological polar surface area (TPSA) is 664 Å². The van der Waals surface area contributed by atoms with Crippen LogP contribution in [0.5, 0.6) is 0 Å². The second kappa shape index (κ2) is 49.9. The van der Waals surface area contributed by atoms with Crippen LogP contribution in [0.3, 0.4) is 0 Å². The molecule has 5 heterocycles. The van der Waals surface area contributed by atoms with Gasteiger partial charge in [-0.05, 0) is 79.0 Å². The maximum atomic E-state index is 15.5. The minimum atomic E-state index is -2.23. The number of hydrogen-bond acceptors (Lipinski definition) is 23. The lowest BCUT2D eigenvalue weighted by Crippen LogP contribution is -2.61. The summed E-state index contributed by atoms with van der Waals surface area (Å²) in [6, 6.07) is -0.587. The van der Waals surface area contributed by atoms with E-state index in [0.29, 0.717) is 38.5 Å². The van der Waals surface area contributed by atoms with E-state index in [4.69, 9.17) is 22.6 Å². The van der Waals surface area contributed by atoms with Crippen molar-refractivity contribution in [2.24, 2.45) is 23.1 Å². The number of thioether (sulfide) groups is 3. The average molecular weight is 1850 g/mol. The zero-order valence-electron chi connectivity index (χ0n) is 71.0. The van der Waals surface area contributed by atoms with Crippen LogP contribution < -0.4 is 86.3 Å². The molecule has 0 aliphatic carbocycles. The average Bonchev–Trinajstić information content (AvgIpc) is 1.64. The number of nitrogens with two attached hydrogens (primary N) is 3. The molecule has 2 aromatic heterocycles. The number of primary amides is 2. The molecule has 47 heteroatoms. The van der Waals surface area contributed by atoms with Crippen LogP contribution in [-0.4, -0.2) is 287 Å². The van der Waals surface area contributed by atoms with Crippen LogP contribution in [0.2, 0.25) is 0 Å². The van der Waals surface area contributed by atoms with Gasteiger partial charge in [-0.2, -0.15) is 35.3 Å². The van der Waals surface area contributed by atoms with E-state index < -0.39 is 274 Å². The van der Waals surface area contributed by atoms with E-state index in [9.17, 15) is 86.5 Å². The highest BCUT2D eigenvalue weighted by Crippen LogP contribution is 2.24. The maximum absolute atomic E-state index is 15.5. The number of nitrogens with one attached hydrogen (secondary N) is 16. The number of rotatable bonds is 22. The number of H-pyrrole nitrogens is 2. The van der Waals surface area contributed by atoms with Gasteiger partial charge in [-0.25, -0.2) is 4.39 Å². The Bertz CT molecular complexity index is 4940. The van der Waals surface area contributed by atoms with Gasteiger partial charge < -0.3 is 121 Å². The number of guanidine groups is 1. The molecule has 0 radical (unpaired) electrons. The fourth-order valence-corrected chi connectivity index (χ4v) is 17.0. The van der Waals surface area contributed by atoms with Gasteiger partial charge in [0.2, 0.25) is 100 Å². The highest BCUT2D eigenvalue weighted by atomic mass is 32.2. The largest absolute Gasteiger partial charge is 0.481 e. The van der Waals surface area contributed by atoms with E-state index in [1.807, 2.05) is 0 Å². The van der Waals surface area contributed by atoms with Crippen molar-refractivity contribution in [3.05, 3.63) is 108 Å². The highest BCUT2D eigenvalue weighted by molar-refractivity contribution is 7.99. The molecule has 0 spiro atoms. The van der Waals surface area contributed by atoms with Crippen molar-refractivity contribution in [3.63, 3.8) is 0 Å². The predicted octanol–water partition coefficient (Wildman–Crippen LogP) is -3.55. The lowest BCUT2D eigenvalue weighted by molar-refractivity contribution is -0.158. The summed E-state index contributed by atoms with van der Waals surface area (Å²) >= 11 is 2.79. The van der Waals surface area contributed by atoms with Crippen molar-refractivity contribution >= 4 is 175 Å². The number of hydrogen-bond donors (Lipinski definition) is 21. The maximum Gasteiger partial charge on any atom is 0.305 e. The van der Waals surface area contributed by atoms with E-state index in [1.165, 1.54) is 28.1 Å². The van der Waals surface area contributed by atoms with Gasteiger partial charge in [0.1, 0.15) is 72.3 Å².